The maximum Gasteiger partial charge on any atom is 0.0686 e. The van der Waals surface area contributed by atoms with E-state index in [0.29, 0.717) is 5.92 Å². The largest absolute Gasteiger partial charge is 0.393 e. The average Bonchev–Trinajstić information content (AvgIpc) is 1.80. The van der Waals surface area contributed by atoms with Crippen molar-refractivity contribution in [2.24, 2.45) is 5.92 Å². The van der Waals surface area contributed by atoms with Crippen molar-refractivity contribution in [1.29, 1.82) is 0 Å². The van der Waals surface area contributed by atoms with Gasteiger partial charge in [-0.3, -0.25) is 0 Å². The van der Waals surface area contributed by atoms with Crippen LogP contribution in [-0.4, -0.2) is 22.4 Å². The smallest absolute Gasteiger partial charge is 0.0686 e. The van der Waals surface area contributed by atoms with Crippen LogP contribution < -0.4 is 0 Å². The van der Waals surface area contributed by atoms with Gasteiger partial charge in [0.1, 0.15) is 0 Å². The molecule has 3 aliphatic rings. The summed E-state index contributed by atoms with van der Waals surface area (Å²) in [5.74, 6) is 0.347. The summed E-state index contributed by atoms with van der Waals surface area (Å²) in [4.78, 5) is 0. The van der Waals surface area contributed by atoms with E-state index in [0.717, 1.165) is 19.3 Å². The molecule has 70 valence electrons. The van der Waals surface area contributed by atoms with Gasteiger partial charge in [0.25, 0.3) is 0 Å². The van der Waals surface area contributed by atoms with Crippen LogP contribution in [0.15, 0.2) is 0 Å². The molecule has 0 aromatic carbocycles. The van der Waals surface area contributed by atoms with Crippen LogP contribution in [0.5, 0.6) is 0 Å². The van der Waals surface area contributed by atoms with E-state index >= 15 is 0 Å². The van der Waals surface area contributed by atoms with Crippen molar-refractivity contribution in [2.75, 3.05) is 0 Å². The molecule has 0 radical (unpaired) electrons. The van der Waals surface area contributed by atoms with E-state index in [1.807, 2.05) is 0 Å². The highest BCUT2D eigenvalue weighted by Gasteiger charge is 2.52. The number of hydrogen-bond donors (Lipinski definition) is 1. The van der Waals surface area contributed by atoms with Crippen LogP contribution in [-0.2, 0) is 4.74 Å². The minimum Gasteiger partial charge on any atom is -0.393 e. The number of ether oxygens (including phenoxy) is 1. The van der Waals surface area contributed by atoms with Crippen LogP contribution in [0, 0.1) is 5.92 Å². The SMILES string of the molecule is CC1(C)O[C@@]2(C)CC[C@@H]1[C@H](O)C2. The summed E-state index contributed by atoms with van der Waals surface area (Å²) < 4.78 is 5.97. The molecule has 2 saturated heterocycles. The van der Waals surface area contributed by atoms with Crippen LogP contribution in [0.3, 0.4) is 0 Å². The zero-order valence-electron chi connectivity index (χ0n) is 8.13. The average molecular weight is 170 g/mol. The lowest BCUT2D eigenvalue weighted by molar-refractivity contribution is -0.263. The first-order valence-corrected chi connectivity index (χ1v) is 4.81. The molecule has 12 heavy (non-hydrogen) atoms. The van der Waals surface area contributed by atoms with Crippen LogP contribution in [0.4, 0.5) is 0 Å². The molecule has 2 heterocycles. The standard InChI is InChI=1S/C10H18O2/c1-9(2)7-4-5-10(3,12-9)6-8(7)11/h7-8,11H,4-6H2,1-3H3/t7-,8-,10+/m1/s1. The Labute approximate surface area is 73.9 Å². The van der Waals surface area contributed by atoms with E-state index in [1.54, 1.807) is 0 Å². The Bertz CT molecular complexity index is 197. The van der Waals surface area contributed by atoms with Crippen molar-refractivity contribution in [1.82, 2.24) is 0 Å². The third-order valence-electron chi connectivity index (χ3n) is 3.49. The monoisotopic (exact) mass is 170 g/mol. The molecule has 1 saturated carbocycles. The highest BCUT2D eigenvalue weighted by Crippen LogP contribution is 2.49. The number of aliphatic hydroxyl groups is 1. The fraction of sp³-hybridized carbons (Fsp3) is 1.00. The summed E-state index contributed by atoms with van der Waals surface area (Å²) in [7, 11) is 0. The summed E-state index contributed by atoms with van der Waals surface area (Å²) in [6, 6.07) is 0. The van der Waals surface area contributed by atoms with Crippen molar-refractivity contribution < 1.29 is 9.84 Å². The van der Waals surface area contributed by atoms with Gasteiger partial charge in [0.05, 0.1) is 17.3 Å². The van der Waals surface area contributed by atoms with Crippen LogP contribution in [0.1, 0.15) is 40.0 Å². The second-order valence-corrected chi connectivity index (χ2v) is 5.07. The maximum atomic E-state index is 9.82. The van der Waals surface area contributed by atoms with E-state index in [2.05, 4.69) is 20.8 Å². The first-order chi connectivity index (χ1) is 5.43. The van der Waals surface area contributed by atoms with E-state index in [4.69, 9.17) is 4.74 Å². The highest BCUT2D eigenvalue weighted by molar-refractivity contribution is 5.02. The molecule has 2 bridgehead atoms. The third-order valence-corrected chi connectivity index (χ3v) is 3.49. The van der Waals surface area contributed by atoms with E-state index < -0.39 is 0 Å². The van der Waals surface area contributed by atoms with Crippen molar-refractivity contribution in [2.45, 2.75) is 57.3 Å². The van der Waals surface area contributed by atoms with Gasteiger partial charge in [-0.1, -0.05) is 0 Å². The van der Waals surface area contributed by atoms with Gasteiger partial charge in [-0.15, -0.1) is 0 Å². The molecule has 1 aliphatic carbocycles. The first-order valence-electron chi connectivity index (χ1n) is 4.81. The Morgan fingerprint density at radius 2 is 2.00 bits per heavy atom. The maximum absolute atomic E-state index is 9.82. The third kappa shape index (κ3) is 1.09. The van der Waals surface area contributed by atoms with E-state index in [9.17, 15) is 5.11 Å². The van der Waals surface area contributed by atoms with Gasteiger partial charge in [-0.25, -0.2) is 0 Å². The highest BCUT2D eigenvalue weighted by atomic mass is 16.5. The van der Waals surface area contributed by atoms with Crippen molar-refractivity contribution in [3.8, 4) is 0 Å². The van der Waals surface area contributed by atoms with E-state index in [1.165, 1.54) is 0 Å². The molecule has 3 fully saturated rings. The lowest BCUT2D eigenvalue weighted by Gasteiger charge is -2.56. The van der Waals surface area contributed by atoms with Gasteiger partial charge in [0.15, 0.2) is 0 Å². The lowest BCUT2D eigenvalue weighted by atomic mass is 9.67. The second-order valence-electron chi connectivity index (χ2n) is 5.07. The molecule has 3 rings (SSSR count). The molecule has 2 heteroatoms. The molecule has 2 aliphatic heterocycles. The summed E-state index contributed by atoms with van der Waals surface area (Å²) >= 11 is 0. The Morgan fingerprint density at radius 1 is 1.33 bits per heavy atom. The molecule has 0 aromatic heterocycles. The predicted molar refractivity (Wildman–Crippen MR) is 46.9 cm³/mol. The predicted octanol–water partition coefficient (Wildman–Crippen LogP) is 1.71. The van der Waals surface area contributed by atoms with Crippen molar-refractivity contribution in [3.63, 3.8) is 0 Å². The normalized spacial score (nSPS) is 51.0. The number of fused-ring (bicyclic) bond motifs is 3. The molecule has 0 amide bonds. The summed E-state index contributed by atoms with van der Waals surface area (Å²) in [5.41, 5.74) is -0.178. The summed E-state index contributed by atoms with van der Waals surface area (Å²) in [5, 5.41) is 9.82. The molecular weight excluding hydrogens is 152 g/mol. The van der Waals surface area contributed by atoms with Gasteiger partial charge in [0, 0.05) is 12.3 Å². The van der Waals surface area contributed by atoms with Crippen LogP contribution in [0.25, 0.3) is 0 Å². The van der Waals surface area contributed by atoms with Gasteiger partial charge >= 0.3 is 0 Å². The van der Waals surface area contributed by atoms with Crippen LogP contribution >= 0.6 is 0 Å². The molecule has 0 aromatic rings. The lowest BCUT2D eigenvalue weighted by Crippen LogP contribution is -2.59. The Hall–Kier alpha value is -0.0800. The van der Waals surface area contributed by atoms with E-state index in [-0.39, 0.29) is 17.3 Å². The zero-order chi connectivity index (χ0) is 8.98. The Kier molecular flexibility index (Phi) is 1.59. The molecule has 2 nitrogen and oxygen atoms in total. The molecular formula is C10H18O2. The molecule has 3 atom stereocenters. The van der Waals surface area contributed by atoms with Crippen LogP contribution in [0.2, 0.25) is 0 Å². The van der Waals surface area contributed by atoms with Gasteiger partial charge < -0.3 is 9.84 Å². The quantitative estimate of drug-likeness (QED) is 0.599. The molecule has 0 unspecified atom stereocenters. The molecule has 0 spiro atoms. The minimum atomic E-state index is -0.146. The zero-order valence-corrected chi connectivity index (χ0v) is 8.13. The topological polar surface area (TPSA) is 29.5 Å². The van der Waals surface area contributed by atoms with Crippen molar-refractivity contribution >= 4 is 0 Å². The number of aliphatic hydroxyl groups excluding tert-OH is 1. The Morgan fingerprint density at radius 3 is 2.42 bits per heavy atom. The first kappa shape index (κ1) is 8.52. The second kappa shape index (κ2) is 2.24. The van der Waals surface area contributed by atoms with Crippen molar-refractivity contribution in [3.05, 3.63) is 0 Å². The number of hydrogen-bond acceptors (Lipinski definition) is 2. The summed E-state index contributed by atoms with van der Waals surface area (Å²) in [6.07, 6.45) is 2.90. The summed E-state index contributed by atoms with van der Waals surface area (Å²) in [6.45, 7) is 6.31. The van der Waals surface area contributed by atoms with Gasteiger partial charge in [-0.05, 0) is 33.6 Å². The van der Waals surface area contributed by atoms with Gasteiger partial charge in [0.2, 0.25) is 0 Å². The van der Waals surface area contributed by atoms with Gasteiger partial charge in [-0.2, -0.15) is 0 Å². The fourth-order valence-electron chi connectivity index (χ4n) is 2.95. The fourth-order valence-corrected chi connectivity index (χ4v) is 2.95. The Balaban J connectivity index is 2.28. The molecule has 1 N–H and O–H groups in total. The minimum absolute atomic E-state index is 0.0579. The number of rotatable bonds is 0.